The van der Waals surface area contributed by atoms with Crippen LogP contribution in [0.15, 0.2) is 43.1 Å². The second-order valence-electron chi connectivity index (χ2n) is 10.4. The Hall–Kier alpha value is -3.10. The molecule has 0 unspecified atom stereocenters. The lowest BCUT2D eigenvalue weighted by molar-refractivity contribution is -0.133. The Kier molecular flexibility index (Phi) is 6.31. The van der Waals surface area contributed by atoms with E-state index in [9.17, 15) is 4.79 Å². The van der Waals surface area contributed by atoms with Crippen molar-refractivity contribution < 1.29 is 15.7 Å². The van der Waals surface area contributed by atoms with Crippen LogP contribution in [0.2, 0.25) is 0 Å². The molecule has 1 aromatic heterocycles. The number of nitrogens with zero attached hydrogens (tertiary/aromatic N) is 4. The molecule has 1 N–H and O–H groups in total. The van der Waals surface area contributed by atoms with Gasteiger partial charge in [0.2, 0.25) is 5.91 Å². The van der Waals surface area contributed by atoms with Gasteiger partial charge in [-0.05, 0) is 68.6 Å². The molecule has 192 valence electrons. The number of hydrogen-bond acceptors (Lipinski definition) is 7. The van der Waals surface area contributed by atoms with Gasteiger partial charge in [-0.1, -0.05) is 12.6 Å². The summed E-state index contributed by atoms with van der Waals surface area (Å²) in [4.78, 5) is 23.3. The van der Waals surface area contributed by atoms with Crippen LogP contribution in [0, 0.1) is 0 Å². The summed E-state index contributed by atoms with van der Waals surface area (Å²) < 4.78 is 11.9. The number of piperidine rings is 1. The van der Waals surface area contributed by atoms with Crippen molar-refractivity contribution in [2.24, 2.45) is 0 Å². The minimum absolute atomic E-state index is 0. The van der Waals surface area contributed by atoms with E-state index in [0.29, 0.717) is 24.6 Å². The molecule has 2 aromatic rings. The van der Waals surface area contributed by atoms with Gasteiger partial charge >= 0.3 is 0 Å². The predicted molar refractivity (Wildman–Crippen MR) is 142 cm³/mol. The predicted octanol–water partition coefficient (Wildman–Crippen LogP) is 3.76. The van der Waals surface area contributed by atoms with Crippen LogP contribution in [0.4, 0.5) is 17.2 Å². The van der Waals surface area contributed by atoms with E-state index in [-0.39, 0.29) is 7.33 Å². The first kappa shape index (κ1) is 23.3. The molecule has 0 spiro atoms. The van der Waals surface area contributed by atoms with Crippen molar-refractivity contribution in [1.29, 1.82) is 0 Å². The number of likely N-dealkylation sites (tertiary alicyclic amines) is 2. The first-order valence-corrected chi connectivity index (χ1v) is 13.1. The fraction of sp³-hybridized carbons (Fsp3) is 0.500. The van der Waals surface area contributed by atoms with Crippen LogP contribution >= 0.6 is 0 Å². The zero-order chi connectivity index (χ0) is 24.6. The topological polar surface area (TPSA) is 70.2 Å². The maximum absolute atomic E-state index is 11.8. The van der Waals surface area contributed by atoms with Crippen LogP contribution in [0.3, 0.4) is 0 Å². The van der Waals surface area contributed by atoms with E-state index >= 15 is 0 Å². The summed E-state index contributed by atoms with van der Waals surface area (Å²) in [6.45, 7) is 12.4. The number of nitrogens with one attached hydrogen (secondary N) is 1. The Morgan fingerprint density at radius 2 is 2.06 bits per heavy atom. The lowest BCUT2D eigenvalue weighted by Crippen LogP contribution is -2.61. The van der Waals surface area contributed by atoms with Crippen molar-refractivity contribution >= 4 is 23.1 Å². The quantitative estimate of drug-likeness (QED) is 0.653. The average molecular weight is 492 g/mol. The number of aromatic nitrogens is 1. The third-order valence-corrected chi connectivity index (χ3v) is 8.20. The van der Waals surface area contributed by atoms with Gasteiger partial charge in [-0.3, -0.25) is 9.69 Å². The van der Waals surface area contributed by atoms with E-state index in [2.05, 4.69) is 57.9 Å². The third kappa shape index (κ3) is 4.33. The van der Waals surface area contributed by atoms with E-state index in [1.165, 1.54) is 17.3 Å². The number of morpholine rings is 1. The molecule has 6 rings (SSSR count). The number of fused-ring (bicyclic) bond motifs is 2. The van der Waals surface area contributed by atoms with Crippen LogP contribution < -0.4 is 15.0 Å². The number of hydrogen-bond donors (Lipinski definition) is 1. The number of amides is 1. The molecule has 0 aliphatic carbocycles. The lowest BCUT2D eigenvalue weighted by atomic mass is 9.88. The molecule has 3 saturated heterocycles. The second kappa shape index (κ2) is 9.75. The minimum Gasteiger partial charge on any atom is -0.487 e. The fourth-order valence-corrected chi connectivity index (χ4v) is 5.98. The van der Waals surface area contributed by atoms with E-state index in [1.54, 1.807) is 0 Å². The Balaban J connectivity index is 0.00000280. The molecule has 1 atom stereocenters. The number of ether oxygens (including phenoxy) is 2. The highest BCUT2D eigenvalue weighted by atomic mass is 16.5. The van der Waals surface area contributed by atoms with E-state index in [0.717, 1.165) is 81.6 Å². The van der Waals surface area contributed by atoms with E-state index in [1.807, 2.05) is 11.1 Å². The molecule has 3 fully saturated rings. The molecule has 8 heteroatoms. The highest BCUT2D eigenvalue weighted by Gasteiger charge is 2.36. The highest BCUT2D eigenvalue weighted by Crippen LogP contribution is 2.40. The molecule has 8 nitrogen and oxygen atoms in total. The van der Waals surface area contributed by atoms with Gasteiger partial charge in [-0.2, -0.15) is 0 Å². The summed E-state index contributed by atoms with van der Waals surface area (Å²) in [7, 11) is 0. The zero-order valence-electron chi connectivity index (χ0n) is 21.0. The number of anilines is 3. The van der Waals surface area contributed by atoms with Crippen LogP contribution in [0.25, 0.3) is 0 Å². The van der Waals surface area contributed by atoms with Gasteiger partial charge in [-0.25, -0.2) is 4.98 Å². The third-order valence-electron chi connectivity index (χ3n) is 8.20. The van der Waals surface area contributed by atoms with Crippen LogP contribution in [-0.4, -0.2) is 78.7 Å². The van der Waals surface area contributed by atoms with Crippen LogP contribution in [-0.2, 0) is 16.1 Å². The summed E-state index contributed by atoms with van der Waals surface area (Å²) in [5, 5.41) is 3.59. The molecule has 0 saturated carbocycles. The van der Waals surface area contributed by atoms with E-state index in [4.69, 9.17) is 9.47 Å². The van der Waals surface area contributed by atoms with Crippen molar-refractivity contribution in [2.45, 2.75) is 44.4 Å². The van der Waals surface area contributed by atoms with Gasteiger partial charge < -0.3 is 24.6 Å². The molecule has 4 aliphatic heterocycles. The van der Waals surface area contributed by atoms with Gasteiger partial charge in [-0.15, -0.1) is 0 Å². The number of pyridine rings is 1. The summed E-state index contributed by atoms with van der Waals surface area (Å²) in [5.41, 5.74) is 4.61. The summed E-state index contributed by atoms with van der Waals surface area (Å²) in [6.07, 6.45) is 5.55. The van der Waals surface area contributed by atoms with Crippen molar-refractivity contribution in [3.05, 3.63) is 54.2 Å². The van der Waals surface area contributed by atoms with Gasteiger partial charge in [0.25, 0.3) is 0 Å². The average Bonchev–Trinajstić information content (AvgIpc) is 3.07. The molecule has 1 aromatic carbocycles. The SMILES string of the molecule is C=CC(=O)N1CC(N2CCC(c3ccc4c(c3)Nc3nccc(N5CCOC[C@@H]5C)c3CO4)CC2)C1.[HH]. The van der Waals surface area contributed by atoms with Gasteiger partial charge in [0.05, 0.1) is 24.5 Å². The van der Waals surface area contributed by atoms with Crippen molar-refractivity contribution in [1.82, 2.24) is 14.8 Å². The Morgan fingerprint density at radius 1 is 1.22 bits per heavy atom. The summed E-state index contributed by atoms with van der Waals surface area (Å²) in [5.74, 6) is 2.32. The Labute approximate surface area is 214 Å². The van der Waals surface area contributed by atoms with Gasteiger partial charge in [0.1, 0.15) is 18.2 Å². The molecular formula is C28H37N5O3. The number of carbonyl (C=O) groups is 1. The van der Waals surface area contributed by atoms with Gasteiger partial charge in [0.15, 0.2) is 0 Å². The smallest absolute Gasteiger partial charge is 0.246 e. The first-order valence-electron chi connectivity index (χ1n) is 13.1. The largest absolute Gasteiger partial charge is 0.487 e. The first-order chi connectivity index (χ1) is 17.6. The van der Waals surface area contributed by atoms with Gasteiger partial charge in [0, 0.05) is 45.0 Å². The standard InChI is InChI=1S/C28H35N5O3.H2/c1-3-27(34)32-15-22(16-32)31-10-7-20(8-11-31)21-4-5-26-24(14-21)30-28-23(18-36-26)25(6-9-29-28)33-12-13-35-17-19(33)2;/h3-6,9,14,19-20,22H,1,7-8,10-13,15-18H2,2H3,(H,29,30);1H/t19-;/m0./s1. The normalized spacial score (nSPS) is 23.0. The van der Waals surface area contributed by atoms with Crippen LogP contribution in [0.5, 0.6) is 5.75 Å². The monoisotopic (exact) mass is 491 g/mol. The zero-order valence-corrected chi connectivity index (χ0v) is 21.0. The maximum atomic E-state index is 11.8. The number of carbonyl (C=O) groups excluding carboxylic acids is 1. The fourth-order valence-electron chi connectivity index (χ4n) is 5.98. The molecule has 0 radical (unpaired) electrons. The van der Waals surface area contributed by atoms with Crippen molar-refractivity contribution in [3.63, 3.8) is 0 Å². The summed E-state index contributed by atoms with van der Waals surface area (Å²) in [6, 6.07) is 9.49. The number of rotatable bonds is 4. The number of benzene rings is 1. The molecule has 0 bridgehead atoms. The Bertz CT molecular complexity index is 1150. The van der Waals surface area contributed by atoms with Crippen molar-refractivity contribution in [2.75, 3.05) is 56.2 Å². The second-order valence-corrected chi connectivity index (χ2v) is 10.4. The van der Waals surface area contributed by atoms with E-state index < -0.39 is 0 Å². The summed E-state index contributed by atoms with van der Waals surface area (Å²) >= 11 is 0. The highest BCUT2D eigenvalue weighted by molar-refractivity contribution is 5.87. The minimum atomic E-state index is 0. The molecule has 4 aliphatic rings. The molecular weight excluding hydrogens is 454 g/mol. The molecule has 1 amide bonds. The Morgan fingerprint density at radius 3 is 2.83 bits per heavy atom. The maximum Gasteiger partial charge on any atom is 0.246 e. The van der Waals surface area contributed by atoms with Crippen LogP contribution in [0.1, 0.15) is 38.2 Å². The molecule has 5 heterocycles. The lowest BCUT2D eigenvalue weighted by Gasteiger charge is -2.47. The molecule has 36 heavy (non-hydrogen) atoms. The van der Waals surface area contributed by atoms with Crippen molar-refractivity contribution in [3.8, 4) is 5.75 Å².